The van der Waals surface area contributed by atoms with Crippen LogP contribution in [0.4, 0.5) is 0 Å². The van der Waals surface area contributed by atoms with Crippen LogP contribution in [0.15, 0.2) is 47.4 Å². The Morgan fingerprint density at radius 3 is 3.00 bits per heavy atom. The summed E-state index contributed by atoms with van der Waals surface area (Å²) < 4.78 is 0. The minimum atomic E-state index is -0.274. The van der Waals surface area contributed by atoms with Crippen molar-refractivity contribution in [1.82, 2.24) is 15.6 Å². The quantitative estimate of drug-likeness (QED) is 0.786. The van der Waals surface area contributed by atoms with Crippen molar-refractivity contribution in [2.45, 2.75) is 12.5 Å². The Balaban J connectivity index is 1.69. The van der Waals surface area contributed by atoms with Crippen LogP contribution in [0, 0.1) is 0 Å². The van der Waals surface area contributed by atoms with E-state index in [0.717, 1.165) is 13.0 Å². The number of aromatic amines is 1. The van der Waals surface area contributed by atoms with Gasteiger partial charge in [-0.05, 0) is 30.2 Å². The number of carbonyl (C=O) groups excluding carboxylic acids is 1. The molecule has 1 atom stereocenters. The highest BCUT2D eigenvalue weighted by atomic mass is 16.2. The van der Waals surface area contributed by atoms with Crippen LogP contribution in [0.1, 0.15) is 27.5 Å². The third-order valence-corrected chi connectivity index (χ3v) is 3.72. The summed E-state index contributed by atoms with van der Waals surface area (Å²) in [6.45, 7) is 1.41. The lowest BCUT2D eigenvalue weighted by Crippen LogP contribution is -2.39. The Bertz CT molecular complexity index is 708. The fourth-order valence-electron chi connectivity index (χ4n) is 2.66. The molecule has 21 heavy (non-hydrogen) atoms. The van der Waals surface area contributed by atoms with E-state index in [1.807, 2.05) is 12.1 Å². The first kappa shape index (κ1) is 13.6. The first-order valence-corrected chi connectivity index (χ1v) is 7.02. The summed E-state index contributed by atoms with van der Waals surface area (Å²) in [5.74, 6) is -0.231. The van der Waals surface area contributed by atoms with Crippen molar-refractivity contribution in [3.63, 3.8) is 0 Å². The normalized spacial score (nSPS) is 17.0. The second-order valence-corrected chi connectivity index (χ2v) is 5.11. The molecule has 108 valence electrons. The summed E-state index contributed by atoms with van der Waals surface area (Å²) in [5.41, 5.74) is 2.66. The predicted molar refractivity (Wildman–Crippen MR) is 80.3 cm³/mol. The minimum absolute atomic E-state index is 0.112. The topological polar surface area (TPSA) is 74.0 Å². The number of nitrogens with one attached hydrogen (secondary N) is 3. The van der Waals surface area contributed by atoms with Crippen LogP contribution < -0.4 is 16.2 Å². The van der Waals surface area contributed by atoms with Crippen molar-refractivity contribution in [3.8, 4) is 0 Å². The average molecular weight is 283 g/mol. The highest BCUT2D eigenvalue weighted by Crippen LogP contribution is 2.21. The molecule has 0 aliphatic carbocycles. The lowest BCUT2D eigenvalue weighted by molar-refractivity contribution is 0.0949. The first-order chi connectivity index (χ1) is 10.2. The fraction of sp³-hybridized carbons (Fsp3) is 0.250. The van der Waals surface area contributed by atoms with Gasteiger partial charge in [0.2, 0.25) is 5.56 Å². The van der Waals surface area contributed by atoms with E-state index in [2.05, 4.69) is 27.8 Å². The number of H-pyrrole nitrogens is 1. The zero-order chi connectivity index (χ0) is 14.7. The number of hydrogen-bond acceptors (Lipinski definition) is 3. The van der Waals surface area contributed by atoms with Gasteiger partial charge >= 0.3 is 0 Å². The maximum absolute atomic E-state index is 12.1. The van der Waals surface area contributed by atoms with Gasteiger partial charge in [-0.2, -0.15) is 0 Å². The predicted octanol–water partition coefficient (Wildman–Crippen LogP) is 0.992. The fourth-order valence-corrected chi connectivity index (χ4v) is 2.66. The number of rotatable bonds is 3. The summed E-state index contributed by atoms with van der Waals surface area (Å²) in [6.07, 6.45) is 2.49. The Labute approximate surface area is 122 Å². The third-order valence-electron chi connectivity index (χ3n) is 3.72. The van der Waals surface area contributed by atoms with Crippen LogP contribution in [0.25, 0.3) is 0 Å². The molecule has 1 aliphatic heterocycles. The van der Waals surface area contributed by atoms with E-state index in [4.69, 9.17) is 0 Å². The Kier molecular flexibility index (Phi) is 3.83. The summed E-state index contributed by atoms with van der Waals surface area (Å²) >= 11 is 0. The molecule has 1 aromatic carbocycles. The number of amides is 1. The molecule has 0 bridgehead atoms. The van der Waals surface area contributed by atoms with Gasteiger partial charge in [0.05, 0.1) is 0 Å². The van der Waals surface area contributed by atoms with E-state index in [0.29, 0.717) is 12.1 Å². The second kappa shape index (κ2) is 5.93. The molecule has 2 heterocycles. The van der Waals surface area contributed by atoms with Crippen LogP contribution in [0.5, 0.6) is 0 Å². The molecule has 0 saturated heterocycles. The third kappa shape index (κ3) is 3.03. The average Bonchev–Trinajstić information content (AvgIpc) is 2.52. The van der Waals surface area contributed by atoms with E-state index in [1.165, 1.54) is 23.4 Å². The van der Waals surface area contributed by atoms with E-state index in [1.54, 1.807) is 6.07 Å². The molecular weight excluding hydrogens is 266 g/mol. The molecule has 0 saturated carbocycles. The molecule has 1 amide bonds. The van der Waals surface area contributed by atoms with Crippen LogP contribution in [-0.2, 0) is 6.42 Å². The van der Waals surface area contributed by atoms with Crippen molar-refractivity contribution >= 4 is 5.91 Å². The lowest BCUT2D eigenvalue weighted by atomic mass is 9.94. The summed E-state index contributed by atoms with van der Waals surface area (Å²) in [6, 6.07) is 11.3. The van der Waals surface area contributed by atoms with E-state index < -0.39 is 0 Å². The minimum Gasteiger partial charge on any atom is -0.350 e. The Morgan fingerprint density at radius 1 is 1.29 bits per heavy atom. The summed E-state index contributed by atoms with van der Waals surface area (Å²) in [5, 5.41) is 6.29. The van der Waals surface area contributed by atoms with E-state index in [-0.39, 0.29) is 17.5 Å². The van der Waals surface area contributed by atoms with Crippen molar-refractivity contribution in [1.29, 1.82) is 0 Å². The van der Waals surface area contributed by atoms with Crippen LogP contribution in [0.3, 0.4) is 0 Å². The van der Waals surface area contributed by atoms with Crippen LogP contribution in [0.2, 0.25) is 0 Å². The highest BCUT2D eigenvalue weighted by molar-refractivity contribution is 5.93. The maximum atomic E-state index is 12.1. The van der Waals surface area contributed by atoms with Crippen LogP contribution in [-0.4, -0.2) is 24.0 Å². The highest BCUT2D eigenvalue weighted by Gasteiger charge is 2.19. The second-order valence-electron chi connectivity index (χ2n) is 5.11. The van der Waals surface area contributed by atoms with Crippen molar-refractivity contribution in [3.05, 3.63) is 69.6 Å². The Morgan fingerprint density at radius 2 is 2.14 bits per heavy atom. The lowest BCUT2D eigenvalue weighted by Gasteiger charge is -2.27. The zero-order valence-electron chi connectivity index (χ0n) is 11.6. The standard InChI is InChI=1S/C16H17N3O2/c20-15-9-12(6-8-18-15)16(21)19-10-14-13-4-2-1-3-11(13)5-7-17-14/h1-4,6,8-9,14,17H,5,7,10H2,(H,18,20)(H,19,21). The van der Waals surface area contributed by atoms with Gasteiger partial charge < -0.3 is 15.6 Å². The molecule has 0 radical (unpaired) electrons. The molecule has 0 fully saturated rings. The number of benzene rings is 1. The Hall–Kier alpha value is -2.40. The molecule has 5 nitrogen and oxygen atoms in total. The largest absolute Gasteiger partial charge is 0.350 e. The molecule has 1 aliphatic rings. The molecule has 0 spiro atoms. The first-order valence-electron chi connectivity index (χ1n) is 7.02. The van der Waals surface area contributed by atoms with Gasteiger partial charge in [-0.3, -0.25) is 9.59 Å². The smallest absolute Gasteiger partial charge is 0.251 e. The molecular formula is C16H17N3O2. The zero-order valence-corrected chi connectivity index (χ0v) is 11.6. The summed E-state index contributed by atoms with van der Waals surface area (Å²) in [7, 11) is 0. The van der Waals surface area contributed by atoms with Gasteiger partial charge in [-0.25, -0.2) is 0 Å². The van der Waals surface area contributed by atoms with E-state index >= 15 is 0 Å². The summed E-state index contributed by atoms with van der Waals surface area (Å²) in [4.78, 5) is 25.8. The SMILES string of the molecule is O=C(NCC1NCCc2ccccc21)c1cc[nH]c(=O)c1. The molecule has 1 aromatic heterocycles. The van der Waals surface area contributed by atoms with Gasteiger partial charge in [-0.15, -0.1) is 0 Å². The monoisotopic (exact) mass is 283 g/mol. The molecule has 1 unspecified atom stereocenters. The van der Waals surface area contributed by atoms with Crippen LogP contribution >= 0.6 is 0 Å². The van der Waals surface area contributed by atoms with Crippen molar-refractivity contribution in [2.24, 2.45) is 0 Å². The van der Waals surface area contributed by atoms with E-state index in [9.17, 15) is 9.59 Å². The number of aromatic nitrogens is 1. The molecule has 2 aromatic rings. The number of carbonyl (C=O) groups is 1. The van der Waals surface area contributed by atoms with Crippen molar-refractivity contribution < 1.29 is 4.79 Å². The van der Waals surface area contributed by atoms with Gasteiger partial charge in [0.25, 0.3) is 5.91 Å². The maximum Gasteiger partial charge on any atom is 0.251 e. The molecule has 3 rings (SSSR count). The van der Waals surface area contributed by atoms with Gasteiger partial charge in [0.15, 0.2) is 0 Å². The number of fused-ring (bicyclic) bond motifs is 1. The number of pyridine rings is 1. The molecule has 5 heteroatoms. The number of hydrogen-bond donors (Lipinski definition) is 3. The van der Waals surface area contributed by atoms with Gasteiger partial charge in [0, 0.05) is 30.4 Å². The van der Waals surface area contributed by atoms with Crippen molar-refractivity contribution in [2.75, 3.05) is 13.1 Å². The molecule has 3 N–H and O–H groups in total. The van der Waals surface area contributed by atoms with Gasteiger partial charge in [0.1, 0.15) is 0 Å². The van der Waals surface area contributed by atoms with Gasteiger partial charge in [-0.1, -0.05) is 24.3 Å².